The summed E-state index contributed by atoms with van der Waals surface area (Å²) in [5.74, 6) is -0.135. The minimum Gasteiger partial charge on any atom is -0.301 e. The lowest BCUT2D eigenvalue weighted by atomic mass is 10.1. The van der Waals surface area contributed by atoms with Crippen molar-refractivity contribution in [3.63, 3.8) is 0 Å². The fraction of sp³-hybridized carbons (Fsp3) is 0.353. The van der Waals surface area contributed by atoms with Crippen LogP contribution in [0.3, 0.4) is 0 Å². The summed E-state index contributed by atoms with van der Waals surface area (Å²) in [7, 11) is -3.36. The number of hydrogen-bond acceptors (Lipinski definition) is 6. The summed E-state index contributed by atoms with van der Waals surface area (Å²) in [6.07, 6.45) is 2.64. The van der Waals surface area contributed by atoms with Crippen molar-refractivity contribution in [1.29, 1.82) is 0 Å². The van der Waals surface area contributed by atoms with Gasteiger partial charge in [0, 0.05) is 23.0 Å². The Morgan fingerprint density at radius 3 is 2.54 bits per heavy atom. The highest BCUT2D eigenvalue weighted by Crippen LogP contribution is 2.23. The van der Waals surface area contributed by atoms with Crippen LogP contribution in [0.15, 0.2) is 40.3 Å². The molecule has 1 aromatic carbocycles. The lowest BCUT2D eigenvalue weighted by molar-refractivity contribution is 0.0994. The monoisotopic (exact) mass is 395 g/mol. The van der Waals surface area contributed by atoms with Crippen molar-refractivity contribution in [2.45, 2.75) is 37.1 Å². The van der Waals surface area contributed by atoms with Crippen LogP contribution in [0, 0.1) is 0 Å². The Labute approximate surface area is 156 Å². The quantitative estimate of drug-likeness (QED) is 0.404. The topological polar surface area (TPSA) is 109 Å². The molecule has 0 radical (unpaired) electrons. The van der Waals surface area contributed by atoms with Gasteiger partial charge in [-0.15, -0.1) is 0 Å². The molecule has 0 saturated carbocycles. The Hall–Kier alpha value is -2.13. The molecule has 2 aromatic rings. The molecule has 9 heteroatoms. The molecule has 2 rings (SSSR count). The zero-order valence-corrected chi connectivity index (χ0v) is 16.4. The molecule has 0 aliphatic carbocycles. The molecule has 140 valence electrons. The Morgan fingerprint density at radius 1 is 1.31 bits per heavy atom. The van der Waals surface area contributed by atoms with Gasteiger partial charge in [0.05, 0.1) is 11.5 Å². The van der Waals surface area contributed by atoms with Crippen LogP contribution < -0.4 is 10.3 Å². The predicted molar refractivity (Wildman–Crippen MR) is 103 cm³/mol. The Morgan fingerprint density at radius 2 is 1.96 bits per heavy atom. The number of nitrogens with one attached hydrogen (secondary N) is 2. The summed E-state index contributed by atoms with van der Waals surface area (Å²) in [4.78, 5) is 31.3. The van der Waals surface area contributed by atoms with Gasteiger partial charge < -0.3 is 4.98 Å². The second kappa shape index (κ2) is 8.50. The number of H-pyrrole nitrogens is 1. The lowest BCUT2D eigenvalue weighted by Gasteiger charge is -2.11. The molecular formula is C17H21N3O4S2. The third-order valence-electron chi connectivity index (χ3n) is 3.41. The van der Waals surface area contributed by atoms with E-state index in [2.05, 4.69) is 14.7 Å². The largest absolute Gasteiger partial charge is 0.301 e. The van der Waals surface area contributed by atoms with Crippen molar-refractivity contribution >= 4 is 33.3 Å². The van der Waals surface area contributed by atoms with Gasteiger partial charge in [-0.3, -0.25) is 14.3 Å². The third kappa shape index (κ3) is 5.99. The first-order valence-electron chi connectivity index (χ1n) is 8.07. The van der Waals surface area contributed by atoms with Crippen LogP contribution >= 0.6 is 11.8 Å². The smallest absolute Gasteiger partial charge is 0.251 e. The van der Waals surface area contributed by atoms with Gasteiger partial charge in [0.2, 0.25) is 10.0 Å². The van der Waals surface area contributed by atoms with E-state index in [-0.39, 0.29) is 11.3 Å². The minimum atomic E-state index is -3.36. The molecule has 26 heavy (non-hydrogen) atoms. The van der Waals surface area contributed by atoms with Crippen molar-refractivity contribution in [1.82, 2.24) is 9.97 Å². The van der Waals surface area contributed by atoms with Crippen LogP contribution in [-0.4, -0.2) is 35.7 Å². The number of aryl methyl sites for hydroxylation is 1. The van der Waals surface area contributed by atoms with E-state index in [4.69, 9.17) is 0 Å². The number of benzene rings is 1. The molecule has 0 unspecified atom stereocenters. The number of anilines is 1. The van der Waals surface area contributed by atoms with Crippen LogP contribution in [0.2, 0.25) is 0 Å². The van der Waals surface area contributed by atoms with Crippen LogP contribution in [0.4, 0.5) is 5.69 Å². The molecular weight excluding hydrogens is 374 g/mol. The first-order valence-corrected chi connectivity index (χ1v) is 10.8. The van der Waals surface area contributed by atoms with Crippen molar-refractivity contribution in [3.8, 4) is 0 Å². The number of carbonyl (C=O) groups excluding carboxylic acids is 1. The number of thioether (sulfide) groups is 1. The molecule has 0 fully saturated rings. The van der Waals surface area contributed by atoms with E-state index < -0.39 is 15.3 Å². The summed E-state index contributed by atoms with van der Waals surface area (Å²) in [5, 5.41) is -0.0408. The summed E-state index contributed by atoms with van der Waals surface area (Å²) in [5.41, 5.74) is 1.31. The Bertz CT molecular complexity index is 937. The number of ketones is 1. The summed E-state index contributed by atoms with van der Waals surface area (Å²) in [6.45, 7) is 3.74. The third-order valence-corrected chi connectivity index (χ3v) is 5.00. The number of aromatic nitrogens is 2. The zero-order valence-electron chi connectivity index (χ0n) is 14.8. The molecule has 0 amide bonds. The maximum atomic E-state index is 12.6. The van der Waals surface area contributed by atoms with Crippen LogP contribution in [-0.2, 0) is 16.4 Å². The highest BCUT2D eigenvalue weighted by Gasteiger charge is 2.18. The number of Topliss-reactive ketones (excluding diaryl/α,β-unsaturated/α-hetero) is 1. The first kappa shape index (κ1) is 20.2. The number of rotatable bonds is 8. The van der Waals surface area contributed by atoms with E-state index in [1.807, 2.05) is 6.92 Å². The van der Waals surface area contributed by atoms with Crippen molar-refractivity contribution in [3.05, 3.63) is 51.9 Å². The van der Waals surface area contributed by atoms with Gasteiger partial charge in [-0.25, -0.2) is 13.4 Å². The average Bonchev–Trinajstić information content (AvgIpc) is 2.53. The molecule has 1 aromatic heterocycles. The highest BCUT2D eigenvalue weighted by molar-refractivity contribution is 8.00. The molecule has 1 atom stereocenters. The van der Waals surface area contributed by atoms with Gasteiger partial charge in [0.1, 0.15) is 0 Å². The lowest BCUT2D eigenvalue weighted by Crippen LogP contribution is -2.17. The average molecular weight is 396 g/mol. The number of sulfonamides is 1. The van der Waals surface area contributed by atoms with Gasteiger partial charge in [0.25, 0.3) is 5.56 Å². The zero-order chi connectivity index (χ0) is 19.3. The van der Waals surface area contributed by atoms with Gasteiger partial charge >= 0.3 is 0 Å². The van der Waals surface area contributed by atoms with E-state index in [0.29, 0.717) is 28.5 Å². The van der Waals surface area contributed by atoms with E-state index in [1.54, 1.807) is 19.1 Å². The number of aromatic amines is 1. The maximum Gasteiger partial charge on any atom is 0.251 e. The van der Waals surface area contributed by atoms with E-state index in [9.17, 15) is 18.0 Å². The first-order chi connectivity index (χ1) is 12.2. The van der Waals surface area contributed by atoms with Crippen molar-refractivity contribution < 1.29 is 13.2 Å². The fourth-order valence-electron chi connectivity index (χ4n) is 2.30. The standard InChI is InChI=1S/C17H21N3O4S2/c1-4-5-14-10-15(21)19-17(18-14)25-11(2)16(22)12-6-8-13(9-7-12)20-26(3,23)24/h6-11,20H,4-5H2,1-3H3,(H,18,19,21)/t11-/m0/s1. The van der Waals surface area contributed by atoms with Gasteiger partial charge in [-0.05, 0) is 37.6 Å². The Balaban J connectivity index is 2.11. The molecule has 0 bridgehead atoms. The molecule has 0 saturated heterocycles. The van der Waals surface area contributed by atoms with Gasteiger partial charge in [-0.1, -0.05) is 25.1 Å². The maximum absolute atomic E-state index is 12.6. The molecule has 0 aliphatic heterocycles. The summed E-state index contributed by atoms with van der Waals surface area (Å²) in [6, 6.07) is 7.67. The Kier molecular flexibility index (Phi) is 6.60. The second-order valence-corrected chi connectivity index (χ2v) is 8.95. The number of carbonyl (C=O) groups is 1. The second-order valence-electron chi connectivity index (χ2n) is 5.87. The summed E-state index contributed by atoms with van der Waals surface area (Å²) >= 11 is 1.19. The minimum absolute atomic E-state index is 0.135. The van der Waals surface area contributed by atoms with Gasteiger partial charge in [0.15, 0.2) is 10.9 Å². The number of nitrogens with zero attached hydrogens (tertiary/aromatic N) is 1. The molecule has 2 N–H and O–H groups in total. The van der Waals surface area contributed by atoms with Crippen LogP contribution in [0.25, 0.3) is 0 Å². The fourth-order valence-corrected chi connectivity index (χ4v) is 3.77. The van der Waals surface area contributed by atoms with Crippen molar-refractivity contribution in [2.75, 3.05) is 11.0 Å². The summed E-state index contributed by atoms with van der Waals surface area (Å²) < 4.78 is 24.8. The highest BCUT2D eigenvalue weighted by atomic mass is 32.2. The van der Waals surface area contributed by atoms with Crippen molar-refractivity contribution in [2.24, 2.45) is 0 Å². The normalized spacial score (nSPS) is 12.6. The van der Waals surface area contributed by atoms with E-state index in [1.165, 1.54) is 30.0 Å². The molecule has 7 nitrogen and oxygen atoms in total. The SMILES string of the molecule is CCCc1cc(=O)[nH]c(S[C@@H](C)C(=O)c2ccc(NS(C)(=O)=O)cc2)n1. The number of hydrogen-bond donors (Lipinski definition) is 2. The van der Waals surface area contributed by atoms with Crippen LogP contribution in [0.5, 0.6) is 0 Å². The predicted octanol–water partition coefficient (Wildman–Crippen LogP) is 2.46. The van der Waals surface area contributed by atoms with E-state index >= 15 is 0 Å². The van der Waals surface area contributed by atoms with Gasteiger partial charge in [-0.2, -0.15) is 0 Å². The molecule has 1 heterocycles. The van der Waals surface area contributed by atoms with Crippen LogP contribution in [0.1, 0.15) is 36.3 Å². The van der Waals surface area contributed by atoms with E-state index in [0.717, 1.165) is 12.7 Å². The molecule has 0 spiro atoms. The molecule has 0 aliphatic rings.